The van der Waals surface area contributed by atoms with Gasteiger partial charge in [0.2, 0.25) is 5.91 Å². The third-order valence-corrected chi connectivity index (χ3v) is 4.23. The van der Waals surface area contributed by atoms with Crippen molar-refractivity contribution < 1.29 is 4.79 Å². The van der Waals surface area contributed by atoms with E-state index >= 15 is 0 Å². The van der Waals surface area contributed by atoms with Crippen molar-refractivity contribution in [1.82, 2.24) is 10.2 Å². The molecule has 2 aliphatic rings. The van der Waals surface area contributed by atoms with E-state index in [-0.39, 0.29) is 5.92 Å². The summed E-state index contributed by atoms with van der Waals surface area (Å²) in [4.78, 5) is 15.1. The van der Waals surface area contributed by atoms with Crippen molar-refractivity contribution in [2.24, 2.45) is 5.92 Å². The van der Waals surface area contributed by atoms with Gasteiger partial charge in [-0.05, 0) is 29.9 Å². The number of amides is 1. The molecule has 1 unspecified atom stereocenters. The second-order valence-electron chi connectivity index (χ2n) is 6.50. The van der Waals surface area contributed by atoms with Gasteiger partial charge in [-0.1, -0.05) is 38.1 Å². The molecule has 3 heteroatoms. The zero-order valence-electron chi connectivity index (χ0n) is 12.4. The molecule has 1 aromatic rings. The van der Waals surface area contributed by atoms with Crippen molar-refractivity contribution in [2.45, 2.75) is 45.2 Å². The molecular weight excluding hydrogens is 248 g/mol. The summed E-state index contributed by atoms with van der Waals surface area (Å²) in [6.45, 7) is 6.93. The molecule has 1 amide bonds. The second kappa shape index (κ2) is 5.57. The van der Waals surface area contributed by atoms with Crippen LogP contribution in [-0.4, -0.2) is 29.9 Å². The number of carbonyl (C=O) groups excluding carboxylic acids is 1. The number of fused-ring (bicyclic) bond motifs is 1. The van der Waals surface area contributed by atoms with Crippen LogP contribution in [0.25, 0.3) is 0 Å². The molecule has 20 heavy (non-hydrogen) atoms. The molecule has 1 aromatic carbocycles. The van der Waals surface area contributed by atoms with Crippen LogP contribution in [0.3, 0.4) is 0 Å². The van der Waals surface area contributed by atoms with Crippen LogP contribution in [-0.2, 0) is 11.3 Å². The number of nitrogens with zero attached hydrogens (tertiary/aromatic N) is 1. The van der Waals surface area contributed by atoms with Gasteiger partial charge in [-0.15, -0.1) is 0 Å². The lowest BCUT2D eigenvalue weighted by molar-refractivity contribution is -0.134. The predicted molar refractivity (Wildman–Crippen MR) is 80.5 cm³/mol. The van der Waals surface area contributed by atoms with Gasteiger partial charge >= 0.3 is 0 Å². The maximum Gasteiger partial charge on any atom is 0.231 e. The topological polar surface area (TPSA) is 32.3 Å². The highest BCUT2D eigenvalue weighted by molar-refractivity contribution is 5.85. The normalized spacial score (nSPS) is 21.6. The van der Waals surface area contributed by atoms with Gasteiger partial charge in [0.25, 0.3) is 0 Å². The lowest BCUT2D eigenvalue weighted by Gasteiger charge is -2.32. The van der Waals surface area contributed by atoms with Crippen LogP contribution >= 0.6 is 0 Å². The minimum absolute atomic E-state index is 0.000648. The highest BCUT2D eigenvalue weighted by Crippen LogP contribution is 2.32. The number of nitrogens with one attached hydrogen (secondary N) is 1. The molecule has 1 aliphatic heterocycles. The first kappa shape index (κ1) is 13.6. The average molecular weight is 272 g/mol. The first-order chi connectivity index (χ1) is 9.66. The molecule has 0 spiro atoms. The van der Waals surface area contributed by atoms with Crippen molar-refractivity contribution in [2.75, 3.05) is 13.1 Å². The third-order valence-electron chi connectivity index (χ3n) is 4.23. The first-order valence-electron chi connectivity index (χ1n) is 7.76. The smallest absolute Gasteiger partial charge is 0.231 e. The Morgan fingerprint density at radius 3 is 2.80 bits per heavy atom. The molecule has 0 radical (unpaired) electrons. The van der Waals surface area contributed by atoms with Gasteiger partial charge in [-0.25, -0.2) is 0 Å². The summed E-state index contributed by atoms with van der Waals surface area (Å²) in [5.41, 5.74) is 2.50. The van der Waals surface area contributed by atoms with Crippen LogP contribution in [0.1, 0.15) is 43.7 Å². The minimum atomic E-state index is -0.000648. The Hall–Kier alpha value is -1.35. The van der Waals surface area contributed by atoms with Crippen LogP contribution in [0.2, 0.25) is 0 Å². The summed E-state index contributed by atoms with van der Waals surface area (Å²) >= 11 is 0. The molecule has 1 atom stereocenters. The molecule has 0 saturated heterocycles. The largest absolute Gasteiger partial charge is 0.339 e. The van der Waals surface area contributed by atoms with Gasteiger partial charge < -0.3 is 10.2 Å². The van der Waals surface area contributed by atoms with Crippen molar-refractivity contribution >= 4 is 5.91 Å². The van der Waals surface area contributed by atoms with Gasteiger partial charge in [-0.2, -0.15) is 0 Å². The molecule has 0 aromatic heterocycles. The summed E-state index contributed by atoms with van der Waals surface area (Å²) in [5.74, 6) is 0.853. The van der Waals surface area contributed by atoms with Gasteiger partial charge in [0.15, 0.2) is 0 Å². The lowest BCUT2D eigenvalue weighted by Crippen LogP contribution is -2.44. The molecular formula is C17H24N2O. The minimum Gasteiger partial charge on any atom is -0.339 e. The molecule has 1 N–H and O–H groups in total. The number of hydrogen-bond donors (Lipinski definition) is 1. The Morgan fingerprint density at radius 1 is 1.35 bits per heavy atom. The Bertz CT molecular complexity index is 494. The standard InChI is InChI=1S/C17H24N2O/c1-12(2)11-19(14-7-8-14)17(20)16-10-18-9-13-5-3-4-6-15(13)16/h3-6,12,14,16,18H,7-11H2,1-2H3. The van der Waals surface area contributed by atoms with Crippen molar-refractivity contribution in [3.8, 4) is 0 Å². The molecule has 1 fully saturated rings. The van der Waals surface area contributed by atoms with Gasteiger partial charge in [0.05, 0.1) is 5.92 Å². The van der Waals surface area contributed by atoms with Crippen molar-refractivity contribution in [1.29, 1.82) is 0 Å². The highest BCUT2D eigenvalue weighted by Gasteiger charge is 2.37. The van der Waals surface area contributed by atoms with E-state index in [1.54, 1.807) is 0 Å². The summed E-state index contributed by atoms with van der Waals surface area (Å²) in [7, 11) is 0. The van der Waals surface area contributed by atoms with E-state index in [0.717, 1.165) is 19.6 Å². The highest BCUT2D eigenvalue weighted by atomic mass is 16.2. The molecule has 3 rings (SSSR count). The molecule has 1 aliphatic carbocycles. The third kappa shape index (κ3) is 2.73. The molecule has 3 nitrogen and oxygen atoms in total. The van der Waals surface area contributed by atoms with E-state index in [1.807, 2.05) is 6.07 Å². The molecule has 108 valence electrons. The Labute approximate surface area is 121 Å². The maximum atomic E-state index is 13.0. The van der Waals surface area contributed by atoms with Crippen LogP contribution in [0.4, 0.5) is 0 Å². The van der Waals surface area contributed by atoms with Gasteiger partial charge in [0.1, 0.15) is 0 Å². The lowest BCUT2D eigenvalue weighted by atomic mass is 9.89. The fourth-order valence-electron chi connectivity index (χ4n) is 3.12. The fraction of sp³-hybridized carbons (Fsp3) is 0.588. The fourth-order valence-corrected chi connectivity index (χ4v) is 3.12. The number of rotatable bonds is 4. The SMILES string of the molecule is CC(C)CN(C(=O)C1CNCc2ccccc21)C1CC1. The van der Waals surface area contributed by atoms with E-state index in [4.69, 9.17) is 0 Å². The van der Waals surface area contributed by atoms with Crippen LogP contribution in [0, 0.1) is 5.92 Å². The zero-order chi connectivity index (χ0) is 14.1. The summed E-state index contributed by atoms with van der Waals surface area (Å²) in [5, 5.41) is 3.39. The Balaban J connectivity index is 1.83. The molecule has 0 bridgehead atoms. The first-order valence-corrected chi connectivity index (χ1v) is 7.76. The summed E-state index contributed by atoms with van der Waals surface area (Å²) < 4.78 is 0. The van der Waals surface area contributed by atoms with E-state index < -0.39 is 0 Å². The van der Waals surface area contributed by atoms with E-state index in [9.17, 15) is 4.79 Å². The average Bonchev–Trinajstić information content (AvgIpc) is 3.28. The van der Waals surface area contributed by atoms with E-state index in [2.05, 4.69) is 42.3 Å². The van der Waals surface area contributed by atoms with Crippen LogP contribution < -0.4 is 5.32 Å². The monoisotopic (exact) mass is 272 g/mol. The Kier molecular flexibility index (Phi) is 3.79. The number of hydrogen-bond acceptors (Lipinski definition) is 2. The maximum absolute atomic E-state index is 13.0. The molecule has 1 saturated carbocycles. The molecule has 1 heterocycles. The van der Waals surface area contributed by atoms with E-state index in [0.29, 0.717) is 17.9 Å². The zero-order valence-corrected chi connectivity index (χ0v) is 12.4. The van der Waals surface area contributed by atoms with E-state index in [1.165, 1.54) is 24.0 Å². The van der Waals surface area contributed by atoms with Crippen molar-refractivity contribution in [3.63, 3.8) is 0 Å². The predicted octanol–water partition coefficient (Wildman–Crippen LogP) is 2.52. The number of carbonyl (C=O) groups is 1. The van der Waals surface area contributed by atoms with Crippen LogP contribution in [0.15, 0.2) is 24.3 Å². The van der Waals surface area contributed by atoms with Gasteiger partial charge in [0, 0.05) is 25.7 Å². The summed E-state index contributed by atoms with van der Waals surface area (Å²) in [6, 6.07) is 8.86. The second-order valence-corrected chi connectivity index (χ2v) is 6.50. The summed E-state index contributed by atoms with van der Waals surface area (Å²) in [6.07, 6.45) is 2.36. The van der Waals surface area contributed by atoms with Crippen LogP contribution in [0.5, 0.6) is 0 Å². The van der Waals surface area contributed by atoms with Crippen molar-refractivity contribution in [3.05, 3.63) is 35.4 Å². The quantitative estimate of drug-likeness (QED) is 0.913. The Morgan fingerprint density at radius 2 is 2.10 bits per heavy atom. The number of benzene rings is 1. The van der Waals surface area contributed by atoms with Gasteiger partial charge in [-0.3, -0.25) is 4.79 Å².